The quantitative estimate of drug-likeness (QED) is 0.673. The molecule has 0 aromatic heterocycles. The number of hydrogen-bond donors (Lipinski definition) is 0. The van der Waals surface area contributed by atoms with Crippen LogP contribution in [0.2, 0.25) is 0 Å². The molecule has 0 atom stereocenters. The predicted octanol–water partition coefficient (Wildman–Crippen LogP) is 3.59. The second-order valence-electron chi connectivity index (χ2n) is 7.65. The Morgan fingerprint density at radius 2 is 2.00 bits per heavy atom. The highest BCUT2D eigenvalue weighted by molar-refractivity contribution is 5.91. The summed E-state index contributed by atoms with van der Waals surface area (Å²) in [4.78, 5) is 25.2. The van der Waals surface area contributed by atoms with Gasteiger partial charge in [0.2, 0.25) is 0 Å². The number of carbonyl (C=O) groups excluding carboxylic acids is 2. The van der Waals surface area contributed by atoms with Gasteiger partial charge in [-0.25, -0.2) is 14.0 Å². The molecule has 1 aromatic rings. The predicted molar refractivity (Wildman–Crippen MR) is 90.5 cm³/mol. The van der Waals surface area contributed by atoms with Crippen LogP contribution in [0.5, 0.6) is 5.75 Å². The molecule has 0 N–H and O–H groups in total. The van der Waals surface area contributed by atoms with Crippen LogP contribution in [-0.4, -0.2) is 41.2 Å². The van der Waals surface area contributed by atoms with Crippen molar-refractivity contribution >= 4 is 17.6 Å². The van der Waals surface area contributed by atoms with Crippen molar-refractivity contribution < 1.29 is 23.5 Å². The van der Waals surface area contributed by atoms with Crippen LogP contribution < -0.4 is 4.74 Å². The zero-order valence-electron chi connectivity index (χ0n) is 14.7. The van der Waals surface area contributed by atoms with Crippen LogP contribution in [-0.2, 0) is 9.53 Å². The molecule has 1 amide bonds. The van der Waals surface area contributed by atoms with Crippen LogP contribution in [0.3, 0.4) is 0 Å². The van der Waals surface area contributed by atoms with Gasteiger partial charge >= 0.3 is 6.09 Å². The largest absolute Gasteiger partial charge is 0.486 e. The first kappa shape index (κ1) is 17.5. The summed E-state index contributed by atoms with van der Waals surface area (Å²) in [5, 5.41) is 0. The van der Waals surface area contributed by atoms with Crippen molar-refractivity contribution in [1.82, 2.24) is 4.90 Å². The van der Waals surface area contributed by atoms with Gasteiger partial charge in [0.05, 0.1) is 5.57 Å². The Balaban J connectivity index is 1.75. The van der Waals surface area contributed by atoms with Crippen LogP contribution in [0.4, 0.5) is 9.18 Å². The van der Waals surface area contributed by atoms with E-state index in [1.807, 2.05) is 26.7 Å². The number of hydrogen-bond acceptors (Lipinski definition) is 4. The average Bonchev–Trinajstić information content (AvgIpc) is 2.52. The van der Waals surface area contributed by atoms with E-state index in [0.29, 0.717) is 49.2 Å². The summed E-state index contributed by atoms with van der Waals surface area (Å²) in [6.45, 7) is 6.41. The number of carbonyl (C=O) groups is 1. The van der Waals surface area contributed by atoms with Crippen molar-refractivity contribution in [3.05, 3.63) is 29.6 Å². The number of rotatable bonds is 0. The SMILES string of the molecule is CC(C)(C)OC(=O)N1CCC2(CC1)CC(=C=O)c1ccc(F)cc1O2. The molecule has 0 saturated carbocycles. The molecule has 1 saturated heterocycles. The van der Waals surface area contributed by atoms with Gasteiger partial charge in [0.25, 0.3) is 0 Å². The summed E-state index contributed by atoms with van der Waals surface area (Å²) < 4.78 is 25.0. The van der Waals surface area contributed by atoms with Gasteiger partial charge in [0, 0.05) is 44.0 Å². The Labute approximate surface area is 146 Å². The number of likely N-dealkylation sites (tertiary alicyclic amines) is 1. The topological polar surface area (TPSA) is 55.8 Å². The maximum Gasteiger partial charge on any atom is 0.410 e. The highest BCUT2D eigenvalue weighted by atomic mass is 19.1. The summed E-state index contributed by atoms with van der Waals surface area (Å²) in [6, 6.07) is 4.16. The van der Waals surface area contributed by atoms with E-state index < -0.39 is 17.0 Å². The van der Waals surface area contributed by atoms with E-state index in [4.69, 9.17) is 9.47 Å². The van der Waals surface area contributed by atoms with Gasteiger partial charge in [-0.2, -0.15) is 0 Å². The number of halogens is 1. The highest BCUT2D eigenvalue weighted by Crippen LogP contribution is 2.44. The molecule has 134 valence electrons. The second-order valence-corrected chi connectivity index (χ2v) is 7.65. The number of piperidine rings is 1. The van der Waals surface area contributed by atoms with E-state index in [9.17, 15) is 14.0 Å². The minimum absolute atomic E-state index is 0.351. The molecule has 2 aliphatic heterocycles. The highest BCUT2D eigenvalue weighted by Gasteiger charge is 2.43. The Morgan fingerprint density at radius 3 is 2.60 bits per heavy atom. The fourth-order valence-electron chi connectivity index (χ4n) is 3.31. The monoisotopic (exact) mass is 347 g/mol. The molecular formula is C19H22FNO4. The van der Waals surface area contributed by atoms with Crippen molar-refractivity contribution in [1.29, 1.82) is 0 Å². The molecule has 0 unspecified atom stereocenters. The molecule has 1 spiro atoms. The Morgan fingerprint density at radius 1 is 1.32 bits per heavy atom. The molecule has 2 aliphatic rings. The average molecular weight is 347 g/mol. The lowest BCUT2D eigenvalue weighted by molar-refractivity contribution is -0.0180. The van der Waals surface area contributed by atoms with Crippen molar-refractivity contribution in [3.63, 3.8) is 0 Å². The molecule has 0 radical (unpaired) electrons. The standard InChI is InChI=1S/C19H22FNO4/c1-18(2,3)25-17(23)21-8-6-19(7-9-21)11-13(12-22)15-5-4-14(20)10-16(15)24-19/h4-5,10H,6-9,11H2,1-3H3. The fraction of sp³-hybridized carbons (Fsp3) is 0.526. The summed E-state index contributed by atoms with van der Waals surface area (Å²) >= 11 is 0. The molecule has 25 heavy (non-hydrogen) atoms. The van der Waals surface area contributed by atoms with E-state index >= 15 is 0 Å². The van der Waals surface area contributed by atoms with Gasteiger partial charge in [-0.05, 0) is 32.9 Å². The van der Waals surface area contributed by atoms with E-state index in [0.717, 1.165) is 0 Å². The molecule has 2 heterocycles. The number of ether oxygens (including phenoxy) is 2. The Bertz CT molecular complexity index is 738. The van der Waals surface area contributed by atoms with Gasteiger partial charge < -0.3 is 14.4 Å². The first-order chi connectivity index (χ1) is 11.7. The van der Waals surface area contributed by atoms with Gasteiger partial charge in [0.1, 0.15) is 28.7 Å². The van der Waals surface area contributed by atoms with E-state index in [-0.39, 0.29) is 6.09 Å². The Hall–Kier alpha value is -2.33. The summed E-state index contributed by atoms with van der Waals surface area (Å²) in [7, 11) is 0. The summed E-state index contributed by atoms with van der Waals surface area (Å²) in [6.07, 6.45) is 1.16. The molecule has 3 rings (SSSR count). The maximum absolute atomic E-state index is 13.5. The molecule has 1 aromatic carbocycles. The lowest BCUT2D eigenvalue weighted by Crippen LogP contribution is -2.51. The molecule has 1 fully saturated rings. The Kier molecular flexibility index (Phi) is 4.33. The molecular weight excluding hydrogens is 325 g/mol. The van der Waals surface area contributed by atoms with E-state index in [2.05, 4.69) is 0 Å². The normalized spacial score (nSPS) is 19.0. The van der Waals surface area contributed by atoms with Crippen LogP contribution >= 0.6 is 0 Å². The van der Waals surface area contributed by atoms with Crippen molar-refractivity contribution in [2.45, 2.75) is 51.2 Å². The van der Waals surface area contributed by atoms with Crippen molar-refractivity contribution in [2.75, 3.05) is 13.1 Å². The number of amides is 1. The second kappa shape index (κ2) is 6.19. The van der Waals surface area contributed by atoms with E-state index in [1.165, 1.54) is 12.1 Å². The minimum atomic E-state index is -0.605. The third-order valence-electron chi connectivity index (χ3n) is 4.54. The third kappa shape index (κ3) is 3.69. The van der Waals surface area contributed by atoms with Crippen molar-refractivity contribution in [2.24, 2.45) is 0 Å². The third-order valence-corrected chi connectivity index (χ3v) is 4.54. The lowest BCUT2D eigenvalue weighted by Gasteiger charge is -2.44. The van der Waals surface area contributed by atoms with Gasteiger partial charge in [-0.3, -0.25) is 0 Å². The molecule has 6 heteroatoms. The smallest absolute Gasteiger partial charge is 0.410 e. The summed E-state index contributed by atoms with van der Waals surface area (Å²) in [5.41, 5.74) is -0.0627. The van der Waals surface area contributed by atoms with Crippen molar-refractivity contribution in [3.8, 4) is 5.75 Å². The molecule has 0 aliphatic carbocycles. The van der Waals surface area contributed by atoms with Gasteiger partial charge in [-0.15, -0.1) is 0 Å². The van der Waals surface area contributed by atoms with Gasteiger partial charge in [-0.1, -0.05) is 0 Å². The molecule has 0 bridgehead atoms. The minimum Gasteiger partial charge on any atom is -0.486 e. The van der Waals surface area contributed by atoms with Gasteiger partial charge in [0.15, 0.2) is 0 Å². The van der Waals surface area contributed by atoms with E-state index in [1.54, 1.807) is 11.0 Å². The zero-order chi connectivity index (χ0) is 18.2. The molecule has 5 nitrogen and oxygen atoms in total. The van der Waals surface area contributed by atoms with Crippen LogP contribution in [0.1, 0.15) is 45.6 Å². The fourth-order valence-corrected chi connectivity index (χ4v) is 3.31. The van der Waals surface area contributed by atoms with Crippen LogP contribution in [0, 0.1) is 5.82 Å². The lowest BCUT2D eigenvalue weighted by atomic mass is 9.81. The maximum atomic E-state index is 13.5. The van der Waals surface area contributed by atoms with Crippen LogP contribution in [0.25, 0.3) is 5.57 Å². The first-order valence-electron chi connectivity index (χ1n) is 8.42. The van der Waals surface area contributed by atoms with Crippen LogP contribution in [0.15, 0.2) is 18.2 Å². The summed E-state index contributed by atoms with van der Waals surface area (Å²) in [5.74, 6) is 1.94. The zero-order valence-corrected chi connectivity index (χ0v) is 14.7. The number of benzene rings is 1. The first-order valence-corrected chi connectivity index (χ1v) is 8.42. The number of nitrogens with zero attached hydrogens (tertiary/aromatic N) is 1. The number of fused-ring (bicyclic) bond motifs is 1.